The van der Waals surface area contributed by atoms with Crippen LogP contribution in [-0.2, 0) is 16.1 Å². The van der Waals surface area contributed by atoms with Gasteiger partial charge in [0.05, 0.1) is 6.20 Å². The number of carboxylic acids is 1. The van der Waals surface area contributed by atoms with Crippen LogP contribution in [-0.4, -0.2) is 55.9 Å². The van der Waals surface area contributed by atoms with Crippen LogP contribution in [0, 0.1) is 5.92 Å². The molecule has 9 heteroatoms. The number of nitrogens with zero attached hydrogens (tertiary/aromatic N) is 4. The fourth-order valence-corrected chi connectivity index (χ4v) is 2.13. The van der Waals surface area contributed by atoms with Gasteiger partial charge < -0.3 is 15.7 Å². The highest BCUT2D eigenvalue weighted by Gasteiger charge is 2.26. The van der Waals surface area contributed by atoms with Crippen LogP contribution in [0.15, 0.2) is 6.20 Å². The summed E-state index contributed by atoms with van der Waals surface area (Å²) in [5, 5.41) is 15.7. The molecular weight excluding hydrogens is 266 g/mol. The first-order chi connectivity index (χ1) is 9.47. The highest BCUT2D eigenvalue weighted by atomic mass is 16.4. The highest BCUT2D eigenvalue weighted by Crippen LogP contribution is 2.16. The molecule has 0 aliphatic carbocycles. The first-order valence-electron chi connectivity index (χ1n) is 6.18. The Hall–Kier alpha value is -2.45. The lowest BCUT2D eigenvalue weighted by molar-refractivity contribution is -0.135. The van der Waals surface area contributed by atoms with Crippen molar-refractivity contribution in [2.75, 3.05) is 13.1 Å². The Balaban J connectivity index is 1.89. The van der Waals surface area contributed by atoms with Crippen LogP contribution in [0.4, 0.5) is 0 Å². The molecule has 0 bridgehead atoms. The van der Waals surface area contributed by atoms with E-state index in [0.29, 0.717) is 25.9 Å². The normalized spacial score (nSPS) is 16.1. The second-order valence-corrected chi connectivity index (χ2v) is 4.66. The average Bonchev–Trinajstić information content (AvgIpc) is 2.87. The molecule has 1 aliphatic heterocycles. The molecule has 3 N–H and O–H groups in total. The van der Waals surface area contributed by atoms with Crippen LogP contribution in [0.1, 0.15) is 23.3 Å². The third-order valence-corrected chi connectivity index (χ3v) is 3.31. The quantitative estimate of drug-likeness (QED) is 0.705. The zero-order valence-electron chi connectivity index (χ0n) is 10.7. The number of aromatic nitrogens is 3. The van der Waals surface area contributed by atoms with Crippen molar-refractivity contribution in [1.29, 1.82) is 0 Å². The van der Waals surface area contributed by atoms with Crippen molar-refractivity contribution in [2.45, 2.75) is 19.4 Å². The molecule has 108 valence electrons. The topological polar surface area (TPSA) is 131 Å². The van der Waals surface area contributed by atoms with Gasteiger partial charge in [0.2, 0.25) is 11.8 Å². The number of likely N-dealkylation sites (tertiary alicyclic amines) is 1. The van der Waals surface area contributed by atoms with Gasteiger partial charge in [-0.3, -0.25) is 9.59 Å². The minimum atomic E-state index is -1.19. The number of hydrogen-bond acceptors (Lipinski definition) is 5. The molecule has 0 radical (unpaired) electrons. The molecule has 1 saturated heterocycles. The summed E-state index contributed by atoms with van der Waals surface area (Å²) in [5.41, 5.74) is 5.02. The van der Waals surface area contributed by atoms with Gasteiger partial charge in [-0.05, 0) is 12.8 Å². The lowest BCUT2D eigenvalue weighted by atomic mass is 9.96. The number of piperidine rings is 1. The van der Waals surface area contributed by atoms with E-state index < -0.39 is 5.97 Å². The summed E-state index contributed by atoms with van der Waals surface area (Å²) in [6, 6.07) is 0. The molecule has 0 atom stereocenters. The molecule has 1 fully saturated rings. The van der Waals surface area contributed by atoms with E-state index in [1.165, 1.54) is 10.9 Å². The number of rotatable bonds is 4. The standard InChI is InChI=1S/C11H15N5O4/c12-10(18)7-1-3-15(4-2-7)9(17)6-16-5-8(11(19)20)13-14-16/h5,7H,1-4,6H2,(H2,12,18)(H,19,20). The SMILES string of the molecule is NC(=O)C1CCN(C(=O)Cn2cc(C(=O)O)nn2)CC1. The number of amides is 2. The molecule has 2 heterocycles. The predicted molar refractivity (Wildman–Crippen MR) is 65.5 cm³/mol. The van der Waals surface area contributed by atoms with Gasteiger partial charge in [0.25, 0.3) is 0 Å². The summed E-state index contributed by atoms with van der Waals surface area (Å²) >= 11 is 0. The zero-order chi connectivity index (χ0) is 14.7. The van der Waals surface area contributed by atoms with Crippen molar-refractivity contribution in [3.05, 3.63) is 11.9 Å². The lowest BCUT2D eigenvalue weighted by Crippen LogP contribution is -2.43. The summed E-state index contributed by atoms with van der Waals surface area (Å²) in [7, 11) is 0. The molecule has 1 aromatic rings. The maximum Gasteiger partial charge on any atom is 0.358 e. The van der Waals surface area contributed by atoms with Crippen LogP contribution >= 0.6 is 0 Å². The van der Waals surface area contributed by atoms with Gasteiger partial charge in [0.15, 0.2) is 5.69 Å². The van der Waals surface area contributed by atoms with Gasteiger partial charge in [-0.25, -0.2) is 9.48 Å². The van der Waals surface area contributed by atoms with Crippen LogP contribution in [0.5, 0.6) is 0 Å². The largest absolute Gasteiger partial charge is 0.476 e. The Labute approximate surface area is 114 Å². The van der Waals surface area contributed by atoms with Crippen LogP contribution in [0.25, 0.3) is 0 Å². The molecule has 9 nitrogen and oxygen atoms in total. The monoisotopic (exact) mass is 281 g/mol. The number of carbonyl (C=O) groups excluding carboxylic acids is 2. The summed E-state index contributed by atoms with van der Waals surface area (Å²) in [4.78, 5) is 35.3. The number of carbonyl (C=O) groups is 3. The highest BCUT2D eigenvalue weighted by molar-refractivity contribution is 5.85. The molecule has 2 amide bonds. The van der Waals surface area contributed by atoms with E-state index in [1.807, 2.05) is 0 Å². The minimum Gasteiger partial charge on any atom is -0.476 e. The van der Waals surface area contributed by atoms with Crippen molar-refractivity contribution in [1.82, 2.24) is 19.9 Å². The average molecular weight is 281 g/mol. The van der Waals surface area contributed by atoms with Crippen molar-refractivity contribution in [3.63, 3.8) is 0 Å². The van der Waals surface area contributed by atoms with E-state index in [0.717, 1.165) is 0 Å². The molecule has 0 spiro atoms. The van der Waals surface area contributed by atoms with Crippen molar-refractivity contribution < 1.29 is 19.5 Å². The van der Waals surface area contributed by atoms with Crippen molar-refractivity contribution in [3.8, 4) is 0 Å². The van der Waals surface area contributed by atoms with Crippen molar-refractivity contribution in [2.24, 2.45) is 11.7 Å². The van der Waals surface area contributed by atoms with E-state index in [9.17, 15) is 14.4 Å². The fraction of sp³-hybridized carbons (Fsp3) is 0.545. The maximum atomic E-state index is 12.0. The van der Waals surface area contributed by atoms with Crippen LogP contribution < -0.4 is 5.73 Å². The van der Waals surface area contributed by atoms with E-state index in [2.05, 4.69) is 10.3 Å². The predicted octanol–water partition coefficient (Wildman–Crippen LogP) is -1.30. The number of aromatic carboxylic acids is 1. The Bertz CT molecular complexity index is 533. The van der Waals surface area contributed by atoms with Gasteiger partial charge >= 0.3 is 5.97 Å². The third-order valence-electron chi connectivity index (χ3n) is 3.31. The Kier molecular flexibility index (Phi) is 3.97. The fourth-order valence-electron chi connectivity index (χ4n) is 2.13. The molecule has 0 aromatic carbocycles. The third kappa shape index (κ3) is 3.11. The Morgan fingerprint density at radius 3 is 2.50 bits per heavy atom. The second-order valence-electron chi connectivity index (χ2n) is 4.66. The smallest absolute Gasteiger partial charge is 0.358 e. The Morgan fingerprint density at radius 2 is 2.00 bits per heavy atom. The Morgan fingerprint density at radius 1 is 1.35 bits per heavy atom. The van der Waals surface area contributed by atoms with Crippen LogP contribution in [0.3, 0.4) is 0 Å². The van der Waals surface area contributed by atoms with E-state index >= 15 is 0 Å². The summed E-state index contributed by atoms with van der Waals surface area (Å²) in [6.07, 6.45) is 2.31. The number of carboxylic acid groups (broad SMARTS) is 1. The minimum absolute atomic E-state index is 0.0679. The molecule has 2 rings (SSSR count). The maximum absolute atomic E-state index is 12.0. The number of hydrogen-bond donors (Lipinski definition) is 2. The summed E-state index contributed by atoms with van der Waals surface area (Å²) < 4.78 is 1.19. The first-order valence-corrected chi connectivity index (χ1v) is 6.18. The van der Waals surface area contributed by atoms with Gasteiger partial charge in [-0.15, -0.1) is 5.10 Å². The van der Waals surface area contributed by atoms with Gasteiger partial charge in [-0.2, -0.15) is 0 Å². The molecule has 0 saturated carbocycles. The van der Waals surface area contributed by atoms with Gasteiger partial charge in [-0.1, -0.05) is 5.21 Å². The van der Waals surface area contributed by atoms with Gasteiger partial charge in [0, 0.05) is 19.0 Å². The number of primary amides is 1. The molecular formula is C11H15N5O4. The lowest BCUT2D eigenvalue weighted by Gasteiger charge is -2.30. The summed E-state index contributed by atoms with van der Waals surface area (Å²) in [6.45, 7) is 0.862. The van der Waals surface area contributed by atoms with E-state index in [1.54, 1.807) is 4.90 Å². The van der Waals surface area contributed by atoms with Crippen LogP contribution in [0.2, 0.25) is 0 Å². The molecule has 0 unspecified atom stereocenters. The molecule has 20 heavy (non-hydrogen) atoms. The first kappa shape index (κ1) is 14.0. The second kappa shape index (κ2) is 5.68. The number of nitrogens with two attached hydrogens (primary N) is 1. The zero-order valence-corrected chi connectivity index (χ0v) is 10.7. The summed E-state index contributed by atoms with van der Waals surface area (Å²) in [5.74, 6) is -1.88. The molecule has 1 aliphatic rings. The van der Waals surface area contributed by atoms with E-state index in [4.69, 9.17) is 10.8 Å². The van der Waals surface area contributed by atoms with E-state index in [-0.39, 0.29) is 30.0 Å². The van der Waals surface area contributed by atoms with Gasteiger partial charge in [0.1, 0.15) is 6.54 Å². The molecule has 1 aromatic heterocycles. The van der Waals surface area contributed by atoms with Crippen molar-refractivity contribution >= 4 is 17.8 Å².